The Labute approximate surface area is 101 Å². The minimum absolute atomic E-state index is 0.0427. The number of hydrogen-bond acceptors (Lipinski definition) is 2. The molecule has 17 heavy (non-hydrogen) atoms. The van der Waals surface area contributed by atoms with Gasteiger partial charge in [0.25, 0.3) is 0 Å². The fourth-order valence-corrected chi connectivity index (χ4v) is 2.75. The van der Waals surface area contributed by atoms with E-state index in [1.165, 1.54) is 5.56 Å². The zero-order chi connectivity index (χ0) is 12.0. The van der Waals surface area contributed by atoms with E-state index >= 15 is 0 Å². The molecule has 0 amide bonds. The number of nitrogens with zero attached hydrogens (tertiary/aromatic N) is 2. The van der Waals surface area contributed by atoms with E-state index in [2.05, 4.69) is 17.2 Å². The van der Waals surface area contributed by atoms with Crippen LogP contribution in [0.3, 0.4) is 0 Å². The Morgan fingerprint density at radius 1 is 1.29 bits per heavy atom. The lowest BCUT2D eigenvalue weighted by Gasteiger charge is -2.17. The van der Waals surface area contributed by atoms with E-state index < -0.39 is 6.10 Å². The molecule has 1 N–H and O–H groups in total. The molecule has 1 heterocycles. The highest BCUT2D eigenvalue weighted by molar-refractivity contribution is 5.35. The van der Waals surface area contributed by atoms with Gasteiger partial charge in [0.1, 0.15) is 6.10 Å². The third-order valence-corrected chi connectivity index (χ3v) is 3.53. The molecule has 0 fully saturated rings. The molecule has 2 atom stereocenters. The van der Waals surface area contributed by atoms with E-state index in [-0.39, 0.29) is 6.04 Å². The Hall–Kier alpha value is -1.61. The van der Waals surface area contributed by atoms with E-state index in [9.17, 15) is 5.11 Å². The molecule has 1 aromatic carbocycles. The first-order valence-electron chi connectivity index (χ1n) is 5.95. The second kappa shape index (κ2) is 3.70. The molecule has 2 aromatic rings. The first kappa shape index (κ1) is 10.5. The highest BCUT2D eigenvalue weighted by atomic mass is 16.3. The largest absolute Gasteiger partial charge is 0.386 e. The predicted molar refractivity (Wildman–Crippen MR) is 65.8 cm³/mol. The molecule has 1 aromatic heterocycles. The van der Waals surface area contributed by atoms with Crippen molar-refractivity contribution in [2.45, 2.75) is 32.4 Å². The van der Waals surface area contributed by atoms with Crippen LogP contribution in [0.15, 0.2) is 30.3 Å². The summed E-state index contributed by atoms with van der Waals surface area (Å²) >= 11 is 0. The summed E-state index contributed by atoms with van der Waals surface area (Å²) in [7, 11) is 0. The second-order valence-electron chi connectivity index (χ2n) is 4.79. The summed E-state index contributed by atoms with van der Waals surface area (Å²) in [6.07, 6.45) is 0.420. The average molecular weight is 228 g/mol. The molecule has 3 nitrogen and oxygen atoms in total. The van der Waals surface area contributed by atoms with Gasteiger partial charge >= 0.3 is 0 Å². The molecule has 0 saturated heterocycles. The number of aryl methyl sites for hydroxylation is 2. The smallest absolute Gasteiger partial charge is 0.102 e. The summed E-state index contributed by atoms with van der Waals surface area (Å²) in [5.74, 6) is 0. The van der Waals surface area contributed by atoms with Crippen LogP contribution in [0.25, 0.3) is 0 Å². The summed E-state index contributed by atoms with van der Waals surface area (Å²) in [5.41, 5.74) is 4.40. The fraction of sp³-hybridized carbons (Fsp3) is 0.357. The van der Waals surface area contributed by atoms with E-state index in [0.717, 1.165) is 23.4 Å². The topological polar surface area (TPSA) is 38.0 Å². The van der Waals surface area contributed by atoms with E-state index in [1.807, 2.05) is 36.7 Å². The summed E-state index contributed by atoms with van der Waals surface area (Å²) < 4.78 is 1.96. The van der Waals surface area contributed by atoms with Crippen LogP contribution in [0.2, 0.25) is 0 Å². The molecule has 88 valence electrons. The first-order valence-corrected chi connectivity index (χ1v) is 5.95. The minimum atomic E-state index is -0.441. The molecule has 0 saturated carbocycles. The SMILES string of the molecule is Cc1cc(C)n(C2Cc3ccccc3C2O)n1. The van der Waals surface area contributed by atoms with Crippen LogP contribution < -0.4 is 0 Å². The van der Waals surface area contributed by atoms with E-state index in [0.29, 0.717) is 0 Å². The van der Waals surface area contributed by atoms with Crippen LogP contribution >= 0.6 is 0 Å². The Bertz CT molecular complexity index is 559. The molecular weight excluding hydrogens is 212 g/mol. The van der Waals surface area contributed by atoms with Gasteiger partial charge in [-0.2, -0.15) is 5.10 Å². The Kier molecular flexibility index (Phi) is 2.30. The maximum Gasteiger partial charge on any atom is 0.102 e. The van der Waals surface area contributed by atoms with Crippen LogP contribution in [0, 0.1) is 13.8 Å². The molecule has 0 bridgehead atoms. The Balaban J connectivity index is 2.01. The van der Waals surface area contributed by atoms with Crippen molar-refractivity contribution in [3.8, 4) is 0 Å². The maximum atomic E-state index is 10.4. The molecule has 0 spiro atoms. The van der Waals surface area contributed by atoms with Crippen molar-refractivity contribution in [2.24, 2.45) is 0 Å². The minimum Gasteiger partial charge on any atom is -0.386 e. The van der Waals surface area contributed by atoms with Crippen molar-refractivity contribution in [3.63, 3.8) is 0 Å². The van der Waals surface area contributed by atoms with Gasteiger partial charge in [0.15, 0.2) is 0 Å². The van der Waals surface area contributed by atoms with Gasteiger partial charge in [-0.1, -0.05) is 24.3 Å². The third-order valence-electron chi connectivity index (χ3n) is 3.53. The van der Waals surface area contributed by atoms with Crippen molar-refractivity contribution >= 4 is 0 Å². The zero-order valence-electron chi connectivity index (χ0n) is 10.1. The highest BCUT2D eigenvalue weighted by Crippen LogP contribution is 2.39. The molecule has 3 heteroatoms. The van der Waals surface area contributed by atoms with Crippen molar-refractivity contribution in [1.82, 2.24) is 9.78 Å². The molecule has 2 unspecified atom stereocenters. The number of aliphatic hydroxyl groups is 1. The quantitative estimate of drug-likeness (QED) is 0.813. The summed E-state index contributed by atoms with van der Waals surface area (Å²) in [6.45, 7) is 4.02. The predicted octanol–water partition coefficient (Wildman–Crippen LogP) is 2.33. The summed E-state index contributed by atoms with van der Waals surface area (Å²) in [4.78, 5) is 0. The number of aliphatic hydroxyl groups excluding tert-OH is 1. The number of benzene rings is 1. The molecule has 1 aliphatic rings. The third kappa shape index (κ3) is 1.58. The van der Waals surface area contributed by atoms with Gasteiger partial charge in [-0.3, -0.25) is 4.68 Å². The maximum absolute atomic E-state index is 10.4. The zero-order valence-corrected chi connectivity index (χ0v) is 10.1. The van der Waals surface area contributed by atoms with Crippen LogP contribution in [0.5, 0.6) is 0 Å². The molecule has 1 aliphatic carbocycles. The van der Waals surface area contributed by atoms with E-state index in [1.54, 1.807) is 0 Å². The Morgan fingerprint density at radius 3 is 2.71 bits per heavy atom. The first-order chi connectivity index (χ1) is 8.16. The summed E-state index contributed by atoms with van der Waals surface area (Å²) in [6, 6.07) is 10.2. The van der Waals surface area contributed by atoms with Gasteiger partial charge in [-0.25, -0.2) is 0 Å². The van der Waals surface area contributed by atoms with Gasteiger partial charge in [-0.15, -0.1) is 0 Å². The molecular formula is C14H16N2O. The lowest BCUT2D eigenvalue weighted by atomic mass is 10.1. The Morgan fingerprint density at radius 2 is 2.06 bits per heavy atom. The van der Waals surface area contributed by atoms with Crippen LogP contribution in [0.1, 0.15) is 34.7 Å². The van der Waals surface area contributed by atoms with Gasteiger partial charge in [0.05, 0.1) is 11.7 Å². The van der Waals surface area contributed by atoms with Crippen LogP contribution in [-0.4, -0.2) is 14.9 Å². The molecule has 0 radical (unpaired) electrons. The number of fused-ring (bicyclic) bond motifs is 1. The number of hydrogen-bond donors (Lipinski definition) is 1. The normalized spacial score (nSPS) is 22.8. The van der Waals surface area contributed by atoms with Gasteiger partial charge < -0.3 is 5.11 Å². The highest BCUT2D eigenvalue weighted by Gasteiger charge is 2.33. The standard InChI is InChI=1S/C14H16N2O/c1-9-7-10(2)16(15-9)13-8-11-5-3-4-6-12(11)14(13)17/h3-7,13-14,17H,8H2,1-2H3. The fourth-order valence-electron chi connectivity index (χ4n) is 2.75. The average Bonchev–Trinajstić information content (AvgIpc) is 2.80. The lowest BCUT2D eigenvalue weighted by molar-refractivity contribution is 0.119. The van der Waals surface area contributed by atoms with Crippen LogP contribution in [0.4, 0.5) is 0 Å². The number of rotatable bonds is 1. The van der Waals surface area contributed by atoms with Gasteiger partial charge in [0, 0.05) is 5.69 Å². The second-order valence-corrected chi connectivity index (χ2v) is 4.79. The van der Waals surface area contributed by atoms with Crippen LogP contribution in [-0.2, 0) is 6.42 Å². The van der Waals surface area contributed by atoms with Gasteiger partial charge in [-0.05, 0) is 37.5 Å². The monoisotopic (exact) mass is 228 g/mol. The lowest BCUT2D eigenvalue weighted by Crippen LogP contribution is -2.16. The van der Waals surface area contributed by atoms with Gasteiger partial charge in [0.2, 0.25) is 0 Å². The molecule has 0 aliphatic heterocycles. The number of aromatic nitrogens is 2. The van der Waals surface area contributed by atoms with Crippen molar-refractivity contribution in [2.75, 3.05) is 0 Å². The van der Waals surface area contributed by atoms with Crippen molar-refractivity contribution < 1.29 is 5.11 Å². The van der Waals surface area contributed by atoms with Crippen molar-refractivity contribution in [1.29, 1.82) is 0 Å². The van der Waals surface area contributed by atoms with Crippen molar-refractivity contribution in [3.05, 3.63) is 52.8 Å². The molecule has 3 rings (SSSR count). The summed E-state index contributed by atoms with van der Waals surface area (Å²) in [5, 5.41) is 14.8. The van der Waals surface area contributed by atoms with E-state index in [4.69, 9.17) is 0 Å².